The van der Waals surface area contributed by atoms with Crippen molar-refractivity contribution in [2.75, 3.05) is 38.7 Å². The van der Waals surface area contributed by atoms with Gasteiger partial charge < -0.3 is 26.9 Å². The number of ether oxygens (including phenoxy) is 1. The van der Waals surface area contributed by atoms with E-state index in [4.69, 9.17) is 4.74 Å². The van der Waals surface area contributed by atoms with Gasteiger partial charge >= 0.3 is 5.97 Å². The maximum atomic E-state index is 11.8. The first kappa shape index (κ1) is 32.8. The van der Waals surface area contributed by atoms with E-state index in [1.165, 1.54) is 11.6 Å². The van der Waals surface area contributed by atoms with Crippen LogP contribution in [0.5, 0.6) is 0 Å². The Balaban J connectivity index is 0.000000764. The van der Waals surface area contributed by atoms with Crippen molar-refractivity contribution in [3.8, 4) is 0 Å². The number of esters is 1. The summed E-state index contributed by atoms with van der Waals surface area (Å²) in [7, 11) is 6.15. The van der Waals surface area contributed by atoms with Crippen LogP contribution >= 0.6 is 22.6 Å². The molecule has 35 heavy (non-hydrogen) atoms. The van der Waals surface area contributed by atoms with Crippen molar-refractivity contribution in [3.63, 3.8) is 0 Å². The minimum Gasteiger partial charge on any atom is -1.00 e. The third-order valence-electron chi connectivity index (χ3n) is 5.03. The molecule has 0 saturated heterocycles. The Morgan fingerprint density at radius 1 is 1.03 bits per heavy atom. The molecule has 192 valence electrons. The Bertz CT molecular complexity index is 915. The smallest absolute Gasteiger partial charge is 0.333 e. The Hall–Kier alpha value is -2.16. The van der Waals surface area contributed by atoms with Crippen molar-refractivity contribution in [1.29, 1.82) is 0 Å². The molecule has 0 saturated carbocycles. The van der Waals surface area contributed by atoms with Crippen molar-refractivity contribution in [2.24, 2.45) is 0 Å². The molecule has 0 aliphatic carbocycles. The molecule has 0 aliphatic rings. The number of halogens is 2. The first-order chi connectivity index (χ1) is 16.1. The first-order valence-corrected chi connectivity index (χ1v) is 12.8. The fourth-order valence-electron chi connectivity index (χ4n) is 3.03. The van der Waals surface area contributed by atoms with Gasteiger partial charge in [-0.2, -0.15) is 0 Å². The summed E-state index contributed by atoms with van der Waals surface area (Å²) in [5.41, 5.74) is 2.89. The molecule has 2 rings (SSSR count). The lowest BCUT2D eigenvalue weighted by Gasteiger charge is -2.24. The SMILES string of the molecule is C=C(C)C(=O)OCC[N+](C)(C)C.C=CC(=O)NC(CC(CI)c1ccccc1)c1ccccc1.[Cl-]. The molecule has 7 heteroatoms. The average Bonchev–Trinajstić information content (AvgIpc) is 2.82. The number of nitrogens with zero attached hydrogens (tertiary/aromatic N) is 1. The number of hydrogen-bond donors (Lipinski definition) is 1. The molecule has 0 heterocycles. The fourth-order valence-corrected chi connectivity index (χ4v) is 3.90. The predicted molar refractivity (Wildman–Crippen MR) is 149 cm³/mol. The second kappa shape index (κ2) is 17.3. The van der Waals surface area contributed by atoms with E-state index in [0.717, 1.165) is 27.4 Å². The van der Waals surface area contributed by atoms with Gasteiger partial charge in [0.25, 0.3) is 0 Å². The van der Waals surface area contributed by atoms with E-state index in [0.29, 0.717) is 18.1 Å². The second-order valence-corrected chi connectivity index (χ2v) is 9.98. The Labute approximate surface area is 230 Å². The van der Waals surface area contributed by atoms with Gasteiger partial charge in [-0.05, 0) is 36.5 Å². The van der Waals surface area contributed by atoms with E-state index in [1.54, 1.807) is 6.92 Å². The largest absolute Gasteiger partial charge is 1.00 e. The third-order valence-corrected chi connectivity index (χ3v) is 6.09. The topological polar surface area (TPSA) is 55.4 Å². The van der Waals surface area contributed by atoms with Crippen molar-refractivity contribution in [1.82, 2.24) is 5.32 Å². The van der Waals surface area contributed by atoms with E-state index < -0.39 is 0 Å². The number of quaternary nitrogens is 1. The van der Waals surface area contributed by atoms with Gasteiger partial charge in [0.15, 0.2) is 0 Å². The van der Waals surface area contributed by atoms with Crippen LogP contribution < -0.4 is 17.7 Å². The zero-order valence-corrected chi connectivity index (χ0v) is 24.1. The van der Waals surface area contributed by atoms with Gasteiger partial charge in [0.1, 0.15) is 13.2 Å². The molecule has 0 bridgehead atoms. The van der Waals surface area contributed by atoms with Gasteiger partial charge in [-0.25, -0.2) is 4.79 Å². The number of nitrogens with one attached hydrogen (secondary N) is 1. The lowest BCUT2D eigenvalue weighted by molar-refractivity contribution is -0.870. The summed E-state index contributed by atoms with van der Waals surface area (Å²) in [6.07, 6.45) is 2.20. The second-order valence-electron chi connectivity index (χ2n) is 9.10. The van der Waals surface area contributed by atoms with Crippen LogP contribution in [0.2, 0.25) is 0 Å². The van der Waals surface area contributed by atoms with Gasteiger partial charge in [-0.3, -0.25) is 4.79 Å². The third kappa shape index (κ3) is 14.1. The Morgan fingerprint density at radius 3 is 1.97 bits per heavy atom. The molecule has 0 fully saturated rings. The quantitative estimate of drug-likeness (QED) is 0.140. The maximum absolute atomic E-state index is 11.8. The number of carbonyl (C=O) groups is 2. The highest BCUT2D eigenvalue weighted by atomic mass is 127. The van der Waals surface area contributed by atoms with E-state index in [9.17, 15) is 9.59 Å². The van der Waals surface area contributed by atoms with Crippen molar-refractivity contribution in [2.45, 2.75) is 25.3 Å². The molecule has 1 N–H and O–H groups in total. The van der Waals surface area contributed by atoms with Crippen LogP contribution in [-0.4, -0.2) is 55.1 Å². The van der Waals surface area contributed by atoms with Gasteiger partial charge in [0.2, 0.25) is 5.91 Å². The molecule has 5 nitrogen and oxygen atoms in total. The van der Waals surface area contributed by atoms with Crippen LogP contribution in [0.4, 0.5) is 0 Å². The zero-order valence-electron chi connectivity index (χ0n) is 21.2. The summed E-state index contributed by atoms with van der Waals surface area (Å²) in [5.74, 6) is -0.0327. The number of hydrogen-bond acceptors (Lipinski definition) is 3. The summed E-state index contributed by atoms with van der Waals surface area (Å²) >= 11 is 2.42. The molecule has 2 unspecified atom stereocenters. The van der Waals surface area contributed by atoms with Crippen LogP contribution in [0.1, 0.15) is 36.4 Å². The number of benzene rings is 2. The number of alkyl halides is 1. The summed E-state index contributed by atoms with van der Waals surface area (Å²) in [6.45, 7) is 9.96. The Morgan fingerprint density at radius 2 is 1.54 bits per heavy atom. The number of rotatable bonds is 11. The molecule has 2 aromatic carbocycles. The molecule has 2 atom stereocenters. The fraction of sp³-hybridized carbons (Fsp3) is 0.357. The lowest BCUT2D eigenvalue weighted by atomic mass is 9.90. The van der Waals surface area contributed by atoms with Crippen molar-refractivity contribution in [3.05, 3.63) is 96.6 Å². The number of carbonyl (C=O) groups excluding carboxylic acids is 2. The molecular weight excluding hydrogens is 575 g/mol. The summed E-state index contributed by atoms with van der Waals surface area (Å²) in [6, 6.07) is 20.6. The van der Waals surface area contributed by atoms with E-state index in [-0.39, 0.29) is 30.3 Å². The van der Waals surface area contributed by atoms with Crippen LogP contribution in [0.15, 0.2) is 85.5 Å². The maximum Gasteiger partial charge on any atom is 0.333 e. The van der Waals surface area contributed by atoms with Crippen LogP contribution in [-0.2, 0) is 14.3 Å². The molecule has 0 spiro atoms. The van der Waals surface area contributed by atoms with Crippen LogP contribution in [0, 0.1) is 0 Å². The van der Waals surface area contributed by atoms with Crippen molar-refractivity contribution >= 4 is 34.5 Å². The van der Waals surface area contributed by atoms with Crippen molar-refractivity contribution < 1.29 is 31.2 Å². The minimum absolute atomic E-state index is 0. The van der Waals surface area contributed by atoms with E-state index in [1.807, 2.05) is 24.3 Å². The highest BCUT2D eigenvalue weighted by Crippen LogP contribution is 2.30. The summed E-state index contributed by atoms with van der Waals surface area (Å²) in [4.78, 5) is 22.7. The number of amides is 1. The highest BCUT2D eigenvalue weighted by molar-refractivity contribution is 14.1. The lowest BCUT2D eigenvalue weighted by Crippen LogP contribution is -3.00. The van der Waals surface area contributed by atoms with Crippen LogP contribution in [0.25, 0.3) is 0 Å². The first-order valence-electron chi connectivity index (χ1n) is 11.3. The Kier molecular flexibility index (Phi) is 16.2. The van der Waals surface area contributed by atoms with E-state index >= 15 is 0 Å². The summed E-state index contributed by atoms with van der Waals surface area (Å²) < 4.78 is 6.73. The standard InChI is InChI=1S/C19H20INO.C9H18NO2.ClH/c1-2-19(22)21-18(16-11-7-4-8-12-16)13-17(14-20)15-9-5-3-6-10-15;1-8(2)9(11)12-7-6-10(3,4)5;/h2-12,17-18H,1,13-14H2,(H,21,22);1,6-7H2,2-5H3;1H/q;+1;/p-1. The zero-order chi connectivity index (χ0) is 25.6. The average molecular weight is 613 g/mol. The van der Waals surface area contributed by atoms with E-state index in [2.05, 4.69) is 98.6 Å². The molecule has 0 aromatic heterocycles. The molecule has 1 amide bonds. The normalized spacial score (nSPS) is 12.0. The van der Waals surface area contributed by atoms with Gasteiger partial charge in [0.05, 0.1) is 27.2 Å². The van der Waals surface area contributed by atoms with Gasteiger partial charge in [-0.1, -0.05) is 96.4 Å². The highest BCUT2D eigenvalue weighted by Gasteiger charge is 2.20. The van der Waals surface area contributed by atoms with Crippen LogP contribution in [0.3, 0.4) is 0 Å². The predicted octanol–water partition coefficient (Wildman–Crippen LogP) is 2.45. The summed E-state index contributed by atoms with van der Waals surface area (Å²) in [5, 5.41) is 3.06. The van der Waals surface area contributed by atoms with Gasteiger partial charge in [0, 0.05) is 10.0 Å². The molecule has 0 radical (unpaired) electrons. The number of likely N-dealkylation sites (N-methyl/N-ethyl adjacent to an activating group) is 1. The molecule has 2 aromatic rings. The molecule has 0 aliphatic heterocycles. The minimum atomic E-state index is -0.302. The molecular formula is C28H38ClIN2O3. The monoisotopic (exact) mass is 612 g/mol. The van der Waals surface area contributed by atoms with Gasteiger partial charge in [-0.15, -0.1) is 0 Å².